The van der Waals surface area contributed by atoms with E-state index in [-0.39, 0.29) is 23.3 Å². The van der Waals surface area contributed by atoms with Gasteiger partial charge in [-0.3, -0.25) is 4.79 Å². The van der Waals surface area contributed by atoms with Gasteiger partial charge in [-0.1, -0.05) is 17.7 Å². The molecule has 1 atom stereocenters. The number of sulfonamides is 1. The van der Waals surface area contributed by atoms with E-state index in [9.17, 15) is 13.2 Å². The fraction of sp³-hybridized carbons (Fsp3) is 0.474. The van der Waals surface area contributed by atoms with E-state index in [0.717, 1.165) is 5.56 Å². The van der Waals surface area contributed by atoms with Crippen LogP contribution in [0.4, 0.5) is 0 Å². The summed E-state index contributed by atoms with van der Waals surface area (Å²) in [4.78, 5) is 16.8. The van der Waals surface area contributed by atoms with Gasteiger partial charge < -0.3 is 9.88 Å². The zero-order valence-corrected chi connectivity index (χ0v) is 17.0. The number of nitrogens with zero attached hydrogens (tertiary/aromatic N) is 3. The van der Waals surface area contributed by atoms with Gasteiger partial charge in [0.05, 0.1) is 23.1 Å². The number of benzene rings is 1. The van der Waals surface area contributed by atoms with E-state index in [1.807, 2.05) is 38.5 Å². The average molecular weight is 391 g/mol. The van der Waals surface area contributed by atoms with Crippen molar-refractivity contribution in [2.45, 2.75) is 57.6 Å². The van der Waals surface area contributed by atoms with Crippen LogP contribution in [-0.2, 0) is 27.8 Å². The highest BCUT2D eigenvalue weighted by molar-refractivity contribution is 7.89. The molecule has 7 nitrogen and oxygen atoms in total. The third-order valence-corrected chi connectivity index (χ3v) is 6.63. The summed E-state index contributed by atoms with van der Waals surface area (Å²) < 4.78 is 29.5. The molecule has 0 saturated carbocycles. The van der Waals surface area contributed by atoms with E-state index in [4.69, 9.17) is 0 Å². The first-order valence-electron chi connectivity index (χ1n) is 9.12. The van der Waals surface area contributed by atoms with Crippen LogP contribution >= 0.6 is 0 Å². The van der Waals surface area contributed by atoms with E-state index < -0.39 is 16.1 Å². The Labute approximate surface area is 160 Å². The predicted molar refractivity (Wildman–Crippen MR) is 103 cm³/mol. The van der Waals surface area contributed by atoms with Gasteiger partial charge in [0, 0.05) is 25.3 Å². The van der Waals surface area contributed by atoms with Gasteiger partial charge in [-0.25, -0.2) is 13.4 Å². The molecule has 2 heterocycles. The van der Waals surface area contributed by atoms with Crippen molar-refractivity contribution < 1.29 is 13.2 Å². The summed E-state index contributed by atoms with van der Waals surface area (Å²) in [5, 5.41) is 2.85. The molecule has 1 aromatic carbocycles. The molecule has 27 heavy (non-hydrogen) atoms. The van der Waals surface area contributed by atoms with Crippen LogP contribution in [0.15, 0.2) is 35.4 Å². The molecule has 146 valence electrons. The SMILES string of the molecule is Cc1ccc(S(=O)(=O)N2CCn3cc(CC(=O)NC(C)C)nc3[C@@H]2C)cc1. The zero-order valence-electron chi connectivity index (χ0n) is 16.1. The average Bonchev–Trinajstić information content (AvgIpc) is 2.97. The predicted octanol–water partition coefficient (Wildman–Crippen LogP) is 2.02. The number of aromatic nitrogens is 2. The van der Waals surface area contributed by atoms with Crippen LogP contribution in [0.2, 0.25) is 0 Å². The molecule has 0 radical (unpaired) electrons. The largest absolute Gasteiger partial charge is 0.354 e. The molecule has 0 saturated heterocycles. The third kappa shape index (κ3) is 4.06. The maximum atomic E-state index is 13.0. The first-order valence-corrected chi connectivity index (χ1v) is 10.6. The number of amides is 1. The number of hydrogen-bond donors (Lipinski definition) is 1. The molecule has 0 aliphatic carbocycles. The van der Waals surface area contributed by atoms with Gasteiger partial charge >= 0.3 is 0 Å². The van der Waals surface area contributed by atoms with Gasteiger partial charge in [0.1, 0.15) is 5.82 Å². The van der Waals surface area contributed by atoms with Crippen LogP contribution in [0.25, 0.3) is 0 Å². The lowest BCUT2D eigenvalue weighted by molar-refractivity contribution is -0.120. The summed E-state index contributed by atoms with van der Waals surface area (Å²) in [5.74, 6) is 0.585. The molecule has 1 amide bonds. The van der Waals surface area contributed by atoms with Crippen molar-refractivity contribution in [2.24, 2.45) is 0 Å². The second-order valence-electron chi connectivity index (χ2n) is 7.29. The summed E-state index contributed by atoms with van der Waals surface area (Å²) in [5.41, 5.74) is 1.67. The number of rotatable bonds is 5. The van der Waals surface area contributed by atoms with E-state index in [1.165, 1.54) is 4.31 Å². The number of imidazole rings is 1. The molecule has 0 bridgehead atoms. The minimum atomic E-state index is -3.60. The molecule has 0 spiro atoms. The van der Waals surface area contributed by atoms with Crippen LogP contribution in [0.3, 0.4) is 0 Å². The second kappa shape index (κ2) is 7.44. The highest BCUT2D eigenvalue weighted by Crippen LogP contribution is 2.30. The molecular formula is C19H26N4O3S. The van der Waals surface area contributed by atoms with Crippen molar-refractivity contribution in [3.05, 3.63) is 47.5 Å². The van der Waals surface area contributed by atoms with Gasteiger partial charge in [0.15, 0.2) is 0 Å². The number of aryl methyl sites for hydroxylation is 1. The molecule has 1 aromatic heterocycles. The fourth-order valence-electron chi connectivity index (χ4n) is 3.32. The molecular weight excluding hydrogens is 364 g/mol. The lowest BCUT2D eigenvalue weighted by Crippen LogP contribution is -2.41. The summed E-state index contributed by atoms with van der Waals surface area (Å²) in [6, 6.07) is 6.55. The Morgan fingerprint density at radius 1 is 1.26 bits per heavy atom. The number of hydrogen-bond acceptors (Lipinski definition) is 4. The van der Waals surface area contributed by atoms with E-state index >= 15 is 0 Å². The number of carbonyl (C=O) groups is 1. The summed E-state index contributed by atoms with van der Waals surface area (Å²) in [7, 11) is -3.60. The quantitative estimate of drug-likeness (QED) is 0.847. The Morgan fingerprint density at radius 2 is 1.93 bits per heavy atom. The maximum Gasteiger partial charge on any atom is 0.243 e. The summed E-state index contributed by atoms with van der Waals surface area (Å²) in [6.45, 7) is 8.47. The lowest BCUT2D eigenvalue weighted by Gasteiger charge is -2.32. The fourth-order valence-corrected chi connectivity index (χ4v) is 4.91. The van der Waals surface area contributed by atoms with Crippen molar-refractivity contribution in [1.82, 2.24) is 19.2 Å². The van der Waals surface area contributed by atoms with Gasteiger partial charge in [-0.2, -0.15) is 4.31 Å². The first-order chi connectivity index (χ1) is 12.7. The van der Waals surface area contributed by atoms with E-state index in [2.05, 4.69) is 10.3 Å². The lowest BCUT2D eigenvalue weighted by atomic mass is 10.2. The van der Waals surface area contributed by atoms with Crippen molar-refractivity contribution >= 4 is 15.9 Å². The van der Waals surface area contributed by atoms with Gasteiger partial charge in [0.25, 0.3) is 0 Å². The Bertz CT molecular complexity index is 932. The number of nitrogens with one attached hydrogen (secondary N) is 1. The van der Waals surface area contributed by atoms with Crippen molar-refractivity contribution in [1.29, 1.82) is 0 Å². The smallest absolute Gasteiger partial charge is 0.243 e. The summed E-state index contributed by atoms with van der Waals surface area (Å²) >= 11 is 0. The Balaban J connectivity index is 1.82. The monoisotopic (exact) mass is 390 g/mol. The summed E-state index contributed by atoms with van der Waals surface area (Å²) in [6.07, 6.45) is 2.04. The zero-order chi connectivity index (χ0) is 19.8. The normalized spacial score (nSPS) is 17.7. The van der Waals surface area contributed by atoms with E-state index in [0.29, 0.717) is 24.6 Å². The standard InChI is InChI=1S/C19H26N4O3S/c1-13(2)20-18(24)11-16-12-22-9-10-23(15(4)19(22)21-16)27(25,26)17-7-5-14(3)6-8-17/h5-8,12-13,15H,9-11H2,1-4H3,(H,20,24)/t15-/m0/s1. The maximum absolute atomic E-state index is 13.0. The molecule has 3 rings (SSSR count). The van der Waals surface area contributed by atoms with Crippen LogP contribution in [0.1, 0.15) is 43.9 Å². The number of fused-ring (bicyclic) bond motifs is 1. The van der Waals surface area contributed by atoms with Crippen molar-refractivity contribution in [2.75, 3.05) is 6.54 Å². The van der Waals surface area contributed by atoms with E-state index in [1.54, 1.807) is 24.3 Å². The minimum Gasteiger partial charge on any atom is -0.354 e. The Morgan fingerprint density at radius 3 is 2.56 bits per heavy atom. The highest BCUT2D eigenvalue weighted by atomic mass is 32.2. The van der Waals surface area contributed by atoms with Gasteiger partial charge in [-0.15, -0.1) is 0 Å². The molecule has 1 aliphatic heterocycles. The van der Waals surface area contributed by atoms with Crippen molar-refractivity contribution in [3.8, 4) is 0 Å². The molecule has 0 fully saturated rings. The Hall–Kier alpha value is -2.19. The van der Waals surface area contributed by atoms with Gasteiger partial charge in [0.2, 0.25) is 15.9 Å². The van der Waals surface area contributed by atoms with Crippen molar-refractivity contribution in [3.63, 3.8) is 0 Å². The van der Waals surface area contributed by atoms with Crippen LogP contribution in [0.5, 0.6) is 0 Å². The molecule has 8 heteroatoms. The molecule has 0 unspecified atom stereocenters. The molecule has 2 aromatic rings. The van der Waals surface area contributed by atoms with Crippen LogP contribution in [-0.4, -0.2) is 40.8 Å². The Kier molecular flexibility index (Phi) is 5.39. The minimum absolute atomic E-state index is 0.0730. The first kappa shape index (κ1) is 19.6. The molecule has 1 aliphatic rings. The highest BCUT2D eigenvalue weighted by Gasteiger charge is 2.35. The molecule has 1 N–H and O–H groups in total. The van der Waals surface area contributed by atoms with Gasteiger partial charge in [-0.05, 0) is 39.8 Å². The van der Waals surface area contributed by atoms with Crippen LogP contribution < -0.4 is 5.32 Å². The third-order valence-electron chi connectivity index (χ3n) is 4.64. The second-order valence-corrected chi connectivity index (χ2v) is 9.18. The van der Waals surface area contributed by atoms with Crippen LogP contribution in [0, 0.1) is 6.92 Å². The topological polar surface area (TPSA) is 84.3 Å². The number of carbonyl (C=O) groups excluding carboxylic acids is 1.